The molecule has 4 rings (SSSR count). The van der Waals surface area contributed by atoms with E-state index in [1.807, 2.05) is 34.9 Å². The van der Waals surface area contributed by atoms with Crippen LogP contribution in [0.5, 0.6) is 5.75 Å². The number of nitrogens with one attached hydrogen (secondary N) is 1. The average Bonchev–Trinajstić information content (AvgIpc) is 3.50. The first kappa shape index (κ1) is 23.1. The third kappa shape index (κ3) is 5.09. The van der Waals surface area contributed by atoms with E-state index < -0.39 is 16.1 Å². The van der Waals surface area contributed by atoms with Crippen molar-refractivity contribution in [3.8, 4) is 17.1 Å². The summed E-state index contributed by atoms with van der Waals surface area (Å²) >= 11 is 1.19. The molecule has 1 amide bonds. The summed E-state index contributed by atoms with van der Waals surface area (Å²) in [5.74, 6) is 1.57. The van der Waals surface area contributed by atoms with Gasteiger partial charge in [-0.2, -0.15) is 0 Å². The molecule has 2 aromatic heterocycles. The molecule has 11 heteroatoms. The van der Waals surface area contributed by atoms with Crippen molar-refractivity contribution in [1.82, 2.24) is 14.8 Å². The van der Waals surface area contributed by atoms with Crippen molar-refractivity contribution in [3.05, 3.63) is 82.8 Å². The number of nitro groups is 1. The number of anilines is 1. The lowest BCUT2D eigenvalue weighted by Crippen LogP contribution is -2.23. The van der Waals surface area contributed by atoms with Gasteiger partial charge in [0.2, 0.25) is 5.91 Å². The predicted molar refractivity (Wildman–Crippen MR) is 127 cm³/mol. The van der Waals surface area contributed by atoms with Gasteiger partial charge in [0.15, 0.2) is 11.0 Å². The van der Waals surface area contributed by atoms with Crippen molar-refractivity contribution in [2.24, 2.45) is 0 Å². The minimum atomic E-state index is -0.613. The number of para-hydroxylation sites is 2. The number of ether oxygens (including phenoxy) is 1. The molecule has 0 fully saturated rings. The number of rotatable bonds is 9. The summed E-state index contributed by atoms with van der Waals surface area (Å²) in [6.45, 7) is 2.05. The molecule has 0 radical (unpaired) electrons. The van der Waals surface area contributed by atoms with Crippen molar-refractivity contribution < 1.29 is 18.9 Å². The van der Waals surface area contributed by atoms with Crippen LogP contribution in [0.15, 0.2) is 76.5 Å². The second-order valence-electron chi connectivity index (χ2n) is 7.23. The number of furan rings is 1. The number of nitro benzene ring substituents is 1. The Bertz CT molecular complexity index is 1300. The molecule has 1 atom stereocenters. The Hall–Kier alpha value is -4.12. The minimum absolute atomic E-state index is 0.138. The molecule has 0 aliphatic heterocycles. The first-order valence-electron chi connectivity index (χ1n) is 10.3. The number of carbonyl (C=O) groups excluding carboxylic acids is 1. The van der Waals surface area contributed by atoms with E-state index >= 15 is 0 Å². The fourth-order valence-electron chi connectivity index (χ4n) is 3.24. The highest BCUT2D eigenvalue weighted by Crippen LogP contribution is 2.31. The smallest absolute Gasteiger partial charge is 0.292 e. The summed E-state index contributed by atoms with van der Waals surface area (Å²) in [6, 6.07) is 17.1. The lowest BCUT2D eigenvalue weighted by atomic mass is 10.2. The van der Waals surface area contributed by atoms with Crippen LogP contribution in [0.4, 0.5) is 11.4 Å². The molecule has 4 aromatic rings. The Kier molecular flexibility index (Phi) is 6.93. The van der Waals surface area contributed by atoms with Gasteiger partial charge >= 0.3 is 0 Å². The molecule has 0 spiro atoms. The summed E-state index contributed by atoms with van der Waals surface area (Å²) in [6.07, 6.45) is 1.58. The molecule has 10 nitrogen and oxygen atoms in total. The number of methoxy groups -OCH3 is 1. The standard InChI is InChI=1S/C23H21N5O5S/c1-15(22(29)24-19-10-3-4-11-20(19)28(30)31)34-23-26-25-21(16-7-5-8-17(13-16)32-2)27(23)14-18-9-6-12-33-18/h3-13,15H,14H2,1-2H3,(H,24,29). The Morgan fingerprint density at radius 2 is 2.03 bits per heavy atom. The van der Waals surface area contributed by atoms with Crippen LogP contribution in [0.25, 0.3) is 11.4 Å². The fraction of sp³-hybridized carbons (Fsp3) is 0.174. The highest BCUT2D eigenvalue weighted by Gasteiger charge is 2.24. The van der Waals surface area contributed by atoms with Gasteiger partial charge in [-0.3, -0.25) is 19.5 Å². The first-order chi connectivity index (χ1) is 16.5. The Morgan fingerprint density at radius 3 is 2.76 bits per heavy atom. The molecular weight excluding hydrogens is 458 g/mol. The number of thioether (sulfide) groups is 1. The Morgan fingerprint density at radius 1 is 1.21 bits per heavy atom. The van der Waals surface area contributed by atoms with Crippen LogP contribution in [-0.4, -0.2) is 38.0 Å². The Balaban J connectivity index is 1.60. The van der Waals surface area contributed by atoms with Gasteiger partial charge in [-0.05, 0) is 37.3 Å². The van der Waals surface area contributed by atoms with Crippen LogP contribution in [-0.2, 0) is 11.3 Å². The average molecular weight is 480 g/mol. The van der Waals surface area contributed by atoms with Crippen molar-refractivity contribution in [2.75, 3.05) is 12.4 Å². The number of aromatic nitrogens is 3. The number of hydrogen-bond donors (Lipinski definition) is 1. The van der Waals surface area contributed by atoms with E-state index in [2.05, 4.69) is 15.5 Å². The third-order valence-electron chi connectivity index (χ3n) is 4.95. The quantitative estimate of drug-likeness (QED) is 0.209. The number of nitrogens with zero attached hydrogens (tertiary/aromatic N) is 4. The molecule has 1 N–H and O–H groups in total. The van der Waals surface area contributed by atoms with Gasteiger partial charge in [-0.25, -0.2) is 0 Å². The fourth-order valence-corrected chi connectivity index (χ4v) is 4.09. The van der Waals surface area contributed by atoms with Crippen molar-refractivity contribution >= 4 is 29.0 Å². The second-order valence-corrected chi connectivity index (χ2v) is 8.54. The van der Waals surface area contributed by atoms with Crippen LogP contribution in [0.2, 0.25) is 0 Å². The van der Waals surface area contributed by atoms with Crippen LogP contribution in [0.3, 0.4) is 0 Å². The molecule has 2 aromatic carbocycles. The van der Waals surface area contributed by atoms with Gasteiger partial charge in [0.25, 0.3) is 5.69 Å². The zero-order valence-corrected chi connectivity index (χ0v) is 19.2. The van der Waals surface area contributed by atoms with E-state index in [4.69, 9.17) is 9.15 Å². The molecule has 0 saturated carbocycles. The Labute approximate surface area is 199 Å². The summed E-state index contributed by atoms with van der Waals surface area (Å²) < 4.78 is 12.7. The topological polar surface area (TPSA) is 125 Å². The van der Waals surface area contributed by atoms with E-state index in [-0.39, 0.29) is 11.4 Å². The number of amides is 1. The predicted octanol–water partition coefficient (Wildman–Crippen LogP) is 4.62. The first-order valence-corrected chi connectivity index (χ1v) is 11.1. The summed E-state index contributed by atoms with van der Waals surface area (Å²) in [4.78, 5) is 23.6. The summed E-state index contributed by atoms with van der Waals surface area (Å²) in [5, 5.41) is 22.4. The zero-order valence-electron chi connectivity index (χ0n) is 18.4. The normalized spacial score (nSPS) is 11.7. The number of carbonyl (C=O) groups is 1. The van der Waals surface area contributed by atoms with Crippen LogP contribution in [0, 0.1) is 10.1 Å². The maximum absolute atomic E-state index is 12.8. The van der Waals surface area contributed by atoms with E-state index in [0.29, 0.717) is 29.0 Å². The molecule has 0 bridgehead atoms. The van der Waals surface area contributed by atoms with Crippen LogP contribution in [0.1, 0.15) is 12.7 Å². The van der Waals surface area contributed by atoms with Crippen molar-refractivity contribution in [1.29, 1.82) is 0 Å². The molecule has 1 unspecified atom stereocenters. The van der Waals surface area contributed by atoms with E-state index in [1.54, 1.807) is 38.5 Å². The van der Waals surface area contributed by atoms with Gasteiger partial charge < -0.3 is 14.5 Å². The summed E-state index contributed by atoms with van der Waals surface area (Å²) in [5.41, 5.74) is 0.760. The third-order valence-corrected chi connectivity index (χ3v) is 6.03. The van der Waals surface area contributed by atoms with Crippen molar-refractivity contribution in [3.63, 3.8) is 0 Å². The largest absolute Gasteiger partial charge is 0.497 e. The SMILES string of the molecule is COc1cccc(-c2nnc(SC(C)C(=O)Nc3ccccc3[N+](=O)[O-])n2Cc2ccco2)c1. The van der Waals surface area contributed by atoms with Gasteiger partial charge in [0.05, 0.1) is 30.1 Å². The maximum atomic E-state index is 12.8. The monoisotopic (exact) mass is 479 g/mol. The van der Waals surface area contributed by atoms with Gasteiger partial charge in [-0.1, -0.05) is 36.0 Å². The maximum Gasteiger partial charge on any atom is 0.292 e. The lowest BCUT2D eigenvalue weighted by Gasteiger charge is -2.13. The highest BCUT2D eigenvalue weighted by molar-refractivity contribution is 8.00. The zero-order chi connectivity index (χ0) is 24.1. The highest BCUT2D eigenvalue weighted by atomic mass is 32.2. The molecule has 2 heterocycles. The van der Waals surface area contributed by atoms with Crippen molar-refractivity contribution in [2.45, 2.75) is 23.9 Å². The summed E-state index contributed by atoms with van der Waals surface area (Å²) in [7, 11) is 1.59. The molecule has 0 aliphatic carbocycles. The van der Waals surface area contributed by atoms with Crippen LogP contribution >= 0.6 is 11.8 Å². The molecule has 174 valence electrons. The van der Waals surface area contributed by atoms with E-state index in [0.717, 1.165) is 5.56 Å². The van der Waals surface area contributed by atoms with E-state index in [1.165, 1.54) is 23.9 Å². The molecule has 0 saturated heterocycles. The number of hydrogen-bond acceptors (Lipinski definition) is 8. The lowest BCUT2D eigenvalue weighted by molar-refractivity contribution is -0.383. The van der Waals surface area contributed by atoms with Gasteiger partial charge in [0.1, 0.15) is 17.2 Å². The van der Waals surface area contributed by atoms with E-state index in [9.17, 15) is 14.9 Å². The van der Waals surface area contributed by atoms with Crippen LogP contribution < -0.4 is 10.1 Å². The van der Waals surface area contributed by atoms with Gasteiger partial charge in [0, 0.05) is 11.6 Å². The molecular formula is C23H21N5O5S. The second kappa shape index (κ2) is 10.2. The van der Waals surface area contributed by atoms with Gasteiger partial charge in [-0.15, -0.1) is 10.2 Å². The minimum Gasteiger partial charge on any atom is -0.497 e. The molecule has 0 aliphatic rings. The number of benzene rings is 2. The molecule has 34 heavy (non-hydrogen) atoms.